The van der Waals surface area contributed by atoms with E-state index in [1.165, 1.54) is 4.68 Å². The molecule has 0 N–H and O–H groups in total. The molecule has 0 saturated carbocycles. The van der Waals surface area contributed by atoms with Crippen molar-refractivity contribution in [1.82, 2.24) is 9.78 Å². The molecule has 0 atom stereocenters. The summed E-state index contributed by atoms with van der Waals surface area (Å²) in [5.74, 6) is 0. The van der Waals surface area contributed by atoms with Crippen LogP contribution in [-0.4, -0.2) is 21.5 Å². The zero-order valence-electron chi connectivity index (χ0n) is 11.1. The molecule has 6 heteroatoms. The number of fused-ring (bicyclic) bond motifs is 1. The molecule has 19 heavy (non-hydrogen) atoms. The standard InChI is InChI=1S/C13H14BrClN2O2/c1-7-11-9(14)5-8(15)6-10(11)17(16-7)12(18)19-13(2,3)4/h5-6H,1-4H3. The van der Waals surface area contributed by atoms with E-state index in [-0.39, 0.29) is 0 Å². The monoisotopic (exact) mass is 344 g/mol. The number of carbonyl (C=O) groups is 1. The number of hydrogen-bond donors (Lipinski definition) is 0. The third-order valence-corrected chi connectivity index (χ3v) is 3.28. The first-order valence-electron chi connectivity index (χ1n) is 5.77. The van der Waals surface area contributed by atoms with Gasteiger partial charge < -0.3 is 4.74 Å². The molecule has 0 aliphatic carbocycles. The second-order valence-electron chi connectivity index (χ2n) is 5.26. The van der Waals surface area contributed by atoms with E-state index in [0.29, 0.717) is 10.5 Å². The van der Waals surface area contributed by atoms with Crippen molar-refractivity contribution in [3.63, 3.8) is 0 Å². The summed E-state index contributed by atoms with van der Waals surface area (Å²) in [5, 5.41) is 5.62. The van der Waals surface area contributed by atoms with E-state index >= 15 is 0 Å². The lowest BCUT2D eigenvalue weighted by Crippen LogP contribution is -2.27. The predicted octanol–water partition coefficient (Wildman–Crippen LogP) is 4.54. The van der Waals surface area contributed by atoms with Gasteiger partial charge in [0.15, 0.2) is 0 Å². The quantitative estimate of drug-likeness (QED) is 0.704. The van der Waals surface area contributed by atoms with Crippen LogP contribution >= 0.6 is 27.5 Å². The summed E-state index contributed by atoms with van der Waals surface area (Å²) >= 11 is 9.45. The van der Waals surface area contributed by atoms with E-state index in [2.05, 4.69) is 21.0 Å². The molecule has 0 radical (unpaired) electrons. The fraction of sp³-hybridized carbons (Fsp3) is 0.385. The van der Waals surface area contributed by atoms with Gasteiger partial charge in [-0.2, -0.15) is 9.78 Å². The van der Waals surface area contributed by atoms with Crippen LogP contribution in [0.15, 0.2) is 16.6 Å². The Hall–Kier alpha value is -1.07. The number of rotatable bonds is 0. The molecule has 0 saturated heterocycles. The third kappa shape index (κ3) is 2.92. The van der Waals surface area contributed by atoms with Gasteiger partial charge in [-0.05, 0) is 55.8 Å². The Bertz CT molecular complexity index is 659. The largest absolute Gasteiger partial charge is 0.442 e. The normalized spacial score (nSPS) is 11.9. The molecule has 0 unspecified atom stereocenters. The minimum absolute atomic E-state index is 0.514. The third-order valence-electron chi connectivity index (χ3n) is 2.44. The predicted molar refractivity (Wildman–Crippen MR) is 78.8 cm³/mol. The summed E-state index contributed by atoms with van der Waals surface area (Å²) in [6.45, 7) is 7.27. The maximum absolute atomic E-state index is 12.1. The van der Waals surface area contributed by atoms with Crippen LogP contribution in [0.1, 0.15) is 26.5 Å². The van der Waals surface area contributed by atoms with Crippen molar-refractivity contribution in [2.24, 2.45) is 0 Å². The average molecular weight is 346 g/mol. The van der Waals surface area contributed by atoms with Crippen molar-refractivity contribution >= 4 is 44.5 Å². The van der Waals surface area contributed by atoms with Crippen LogP contribution in [-0.2, 0) is 4.74 Å². The Morgan fingerprint density at radius 2 is 2.05 bits per heavy atom. The van der Waals surface area contributed by atoms with E-state index in [0.717, 1.165) is 15.6 Å². The highest BCUT2D eigenvalue weighted by atomic mass is 79.9. The van der Waals surface area contributed by atoms with Crippen molar-refractivity contribution in [2.75, 3.05) is 0 Å². The lowest BCUT2D eigenvalue weighted by Gasteiger charge is -2.19. The molecule has 1 aromatic carbocycles. The second kappa shape index (κ2) is 4.80. The van der Waals surface area contributed by atoms with Gasteiger partial charge in [-0.25, -0.2) is 4.79 Å². The van der Waals surface area contributed by atoms with Crippen LogP contribution in [0, 0.1) is 6.92 Å². The highest BCUT2D eigenvalue weighted by molar-refractivity contribution is 9.10. The molecular weight excluding hydrogens is 332 g/mol. The first-order chi connectivity index (χ1) is 8.69. The molecule has 1 aromatic heterocycles. The first-order valence-corrected chi connectivity index (χ1v) is 6.94. The van der Waals surface area contributed by atoms with Crippen molar-refractivity contribution in [2.45, 2.75) is 33.3 Å². The maximum atomic E-state index is 12.1. The van der Waals surface area contributed by atoms with Crippen LogP contribution in [0.3, 0.4) is 0 Å². The molecule has 4 nitrogen and oxygen atoms in total. The zero-order chi connectivity index (χ0) is 14.4. The van der Waals surface area contributed by atoms with Crippen molar-refractivity contribution in [3.05, 3.63) is 27.3 Å². The summed E-state index contributed by atoms with van der Waals surface area (Å²) in [6, 6.07) is 3.48. The number of halogens is 2. The summed E-state index contributed by atoms with van der Waals surface area (Å²) in [5.41, 5.74) is 0.800. The summed E-state index contributed by atoms with van der Waals surface area (Å²) in [7, 11) is 0. The van der Waals surface area contributed by atoms with Gasteiger partial charge in [-0.15, -0.1) is 0 Å². The molecule has 2 aromatic rings. The number of hydrogen-bond acceptors (Lipinski definition) is 3. The molecule has 0 spiro atoms. The Balaban J connectivity index is 2.59. The van der Waals surface area contributed by atoms with Gasteiger partial charge in [-0.3, -0.25) is 0 Å². The highest BCUT2D eigenvalue weighted by Gasteiger charge is 2.22. The first kappa shape index (κ1) is 14.3. The van der Waals surface area contributed by atoms with E-state index in [4.69, 9.17) is 16.3 Å². The molecule has 0 fully saturated rings. The smallest absolute Gasteiger partial charge is 0.435 e. The number of carbonyl (C=O) groups excluding carboxylic acids is 1. The van der Waals surface area contributed by atoms with Gasteiger partial charge in [0.1, 0.15) is 5.60 Å². The van der Waals surface area contributed by atoms with Crippen LogP contribution in [0.4, 0.5) is 4.79 Å². The van der Waals surface area contributed by atoms with Gasteiger partial charge >= 0.3 is 6.09 Å². The van der Waals surface area contributed by atoms with Crippen LogP contribution in [0.25, 0.3) is 10.9 Å². The molecule has 1 heterocycles. The average Bonchev–Trinajstić information content (AvgIpc) is 2.53. The number of benzene rings is 1. The van der Waals surface area contributed by atoms with Gasteiger partial charge in [0.25, 0.3) is 0 Å². The Morgan fingerprint density at radius 3 is 2.63 bits per heavy atom. The highest BCUT2D eigenvalue weighted by Crippen LogP contribution is 2.30. The van der Waals surface area contributed by atoms with Gasteiger partial charge in [-0.1, -0.05) is 11.6 Å². The topological polar surface area (TPSA) is 44.1 Å². The van der Waals surface area contributed by atoms with Crippen LogP contribution < -0.4 is 0 Å². The SMILES string of the molecule is Cc1nn(C(=O)OC(C)(C)C)c2cc(Cl)cc(Br)c12. The maximum Gasteiger partial charge on any atom is 0.435 e. The minimum Gasteiger partial charge on any atom is -0.442 e. The fourth-order valence-electron chi connectivity index (χ4n) is 1.78. The zero-order valence-corrected chi connectivity index (χ0v) is 13.5. The fourth-order valence-corrected chi connectivity index (χ4v) is 2.86. The molecule has 0 bridgehead atoms. The Kier molecular flexibility index (Phi) is 3.62. The summed E-state index contributed by atoms with van der Waals surface area (Å²) < 4.78 is 7.38. The molecule has 0 aliphatic heterocycles. The van der Waals surface area contributed by atoms with Gasteiger partial charge in [0.2, 0.25) is 0 Å². The summed E-state index contributed by atoms with van der Waals surface area (Å²) in [6.07, 6.45) is -0.514. The molecular formula is C13H14BrClN2O2. The Labute approximate surface area is 124 Å². The van der Waals surface area contributed by atoms with Gasteiger partial charge in [0.05, 0.1) is 11.2 Å². The molecule has 0 amide bonds. The van der Waals surface area contributed by atoms with E-state index < -0.39 is 11.7 Å². The summed E-state index contributed by atoms with van der Waals surface area (Å²) in [4.78, 5) is 12.1. The lowest BCUT2D eigenvalue weighted by molar-refractivity contribution is 0.0522. The molecule has 2 rings (SSSR count). The number of ether oxygens (including phenoxy) is 1. The minimum atomic E-state index is -0.570. The van der Waals surface area contributed by atoms with E-state index in [1.807, 2.05) is 27.7 Å². The second-order valence-corrected chi connectivity index (χ2v) is 6.55. The van der Waals surface area contributed by atoms with Crippen molar-refractivity contribution in [1.29, 1.82) is 0 Å². The van der Waals surface area contributed by atoms with Crippen LogP contribution in [0.5, 0.6) is 0 Å². The van der Waals surface area contributed by atoms with E-state index in [9.17, 15) is 4.79 Å². The van der Waals surface area contributed by atoms with Crippen LogP contribution in [0.2, 0.25) is 5.02 Å². The van der Waals surface area contributed by atoms with Crippen molar-refractivity contribution in [3.8, 4) is 0 Å². The lowest BCUT2D eigenvalue weighted by atomic mass is 10.2. The van der Waals surface area contributed by atoms with Crippen molar-refractivity contribution < 1.29 is 9.53 Å². The van der Waals surface area contributed by atoms with E-state index in [1.54, 1.807) is 12.1 Å². The molecule has 0 aliphatic rings. The van der Waals surface area contributed by atoms with Gasteiger partial charge in [0, 0.05) is 14.9 Å². The number of aryl methyl sites for hydroxylation is 1. The molecule has 102 valence electrons. The Morgan fingerprint density at radius 1 is 1.42 bits per heavy atom. The number of aromatic nitrogens is 2. The number of nitrogens with zero attached hydrogens (tertiary/aromatic N) is 2.